The Morgan fingerprint density at radius 2 is 1.88 bits per heavy atom. The highest BCUT2D eigenvalue weighted by atomic mass is 15.2. The fraction of sp³-hybridized carbons (Fsp3) is 0.0714. The van der Waals surface area contributed by atoms with Gasteiger partial charge in [-0.05, 0) is 30.2 Å². The quantitative estimate of drug-likeness (QED) is 0.599. The van der Waals surface area contributed by atoms with E-state index in [1.807, 2.05) is 23.0 Å². The lowest BCUT2D eigenvalue weighted by Crippen LogP contribution is -1.86. The van der Waals surface area contributed by atoms with Crippen molar-refractivity contribution in [1.82, 2.24) is 9.61 Å². The van der Waals surface area contributed by atoms with Crippen molar-refractivity contribution in [1.29, 1.82) is 0 Å². The minimum Gasteiger partial charge on any atom is -0.240 e. The van der Waals surface area contributed by atoms with E-state index in [9.17, 15) is 0 Å². The second-order valence-corrected chi connectivity index (χ2v) is 3.96. The van der Waals surface area contributed by atoms with E-state index in [-0.39, 0.29) is 0 Å². The van der Waals surface area contributed by atoms with Gasteiger partial charge in [0.25, 0.3) is 0 Å². The average molecular weight is 208 g/mol. The highest BCUT2D eigenvalue weighted by Crippen LogP contribution is 2.24. The van der Waals surface area contributed by atoms with Crippen LogP contribution in [-0.2, 0) is 0 Å². The summed E-state index contributed by atoms with van der Waals surface area (Å²) in [5.41, 5.74) is 4.81. The SMILES string of the molecule is Cc1ccn2ncc(-c3ccccc3)c2c1. The number of benzene rings is 1. The molecule has 1 aromatic carbocycles. The van der Waals surface area contributed by atoms with Crippen LogP contribution in [0.4, 0.5) is 0 Å². The summed E-state index contributed by atoms with van der Waals surface area (Å²) in [5, 5.41) is 4.35. The van der Waals surface area contributed by atoms with Crippen LogP contribution < -0.4 is 0 Å². The van der Waals surface area contributed by atoms with E-state index in [1.54, 1.807) is 0 Å². The summed E-state index contributed by atoms with van der Waals surface area (Å²) in [7, 11) is 0. The minimum absolute atomic E-state index is 1.16. The molecule has 0 aliphatic carbocycles. The Bertz CT molecular complexity index is 624. The fourth-order valence-corrected chi connectivity index (χ4v) is 1.93. The highest BCUT2D eigenvalue weighted by molar-refractivity contribution is 5.79. The van der Waals surface area contributed by atoms with Crippen LogP contribution in [-0.4, -0.2) is 9.61 Å². The van der Waals surface area contributed by atoms with Crippen molar-refractivity contribution in [3.8, 4) is 11.1 Å². The number of fused-ring (bicyclic) bond motifs is 1. The lowest BCUT2D eigenvalue weighted by Gasteiger charge is -2.00. The van der Waals surface area contributed by atoms with Crippen molar-refractivity contribution in [3.05, 3.63) is 60.4 Å². The van der Waals surface area contributed by atoms with E-state index in [2.05, 4.69) is 48.4 Å². The Kier molecular flexibility index (Phi) is 2.00. The lowest BCUT2D eigenvalue weighted by molar-refractivity contribution is 0.958. The molecule has 0 atom stereocenters. The maximum atomic E-state index is 4.35. The van der Waals surface area contributed by atoms with E-state index in [0.717, 1.165) is 5.52 Å². The molecule has 0 aliphatic rings. The normalized spacial score (nSPS) is 10.8. The maximum absolute atomic E-state index is 4.35. The third-order valence-corrected chi connectivity index (χ3v) is 2.76. The van der Waals surface area contributed by atoms with Crippen LogP contribution >= 0.6 is 0 Å². The van der Waals surface area contributed by atoms with Gasteiger partial charge in [-0.25, -0.2) is 4.52 Å². The van der Waals surface area contributed by atoms with Gasteiger partial charge in [-0.1, -0.05) is 30.3 Å². The summed E-state index contributed by atoms with van der Waals surface area (Å²) in [6, 6.07) is 14.6. The molecule has 2 heterocycles. The molecule has 0 aliphatic heterocycles. The fourth-order valence-electron chi connectivity index (χ4n) is 1.93. The van der Waals surface area contributed by atoms with Crippen molar-refractivity contribution in [2.45, 2.75) is 6.92 Å². The summed E-state index contributed by atoms with van der Waals surface area (Å²) in [6.07, 6.45) is 3.92. The van der Waals surface area contributed by atoms with Crippen LogP contribution in [0.15, 0.2) is 54.9 Å². The molecule has 3 rings (SSSR count). The Hall–Kier alpha value is -2.09. The third-order valence-electron chi connectivity index (χ3n) is 2.76. The third kappa shape index (κ3) is 1.39. The summed E-state index contributed by atoms with van der Waals surface area (Å²) >= 11 is 0. The van der Waals surface area contributed by atoms with Gasteiger partial charge in [0.15, 0.2) is 0 Å². The molecule has 0 saturated heterocycles. The van der Waals surface area contributed by atoms with Crippen molar-refractivity contribution >= 4 is 5.52 Å². The molecule has 0 fully saturated rings. The van der Waals surface area contributed by atoms with Gasteiger partial charge in [0.1, 0.15) is 0 Å². The first-order chi connectivity index (χ1) is 7.84. The molecule has 0 amide bonds. The molecule has 0 unspecified atom stereocenters. The molecular formula is C14H12N2. The minimum atomic E-state index is 1.16. The maximum Gasteiger partial charge on any atom is 0.0742 e. The molecule has 2 nitrogen and oxygen atoms in total. The monoisotopic (exact) mass is 208 g/mol. The van der Waals surface area contributed by atoms with Gasteiger partial charge in [-0.15, -0.1) is 0 Å². The van der Waals surface area contributed by atoms with Gasteiger partial charge in [-0.3, -0.25) is 0 Å². The van der Waals surface area contributed by atoms with Crippen molar-refractivity contribution in [2.75, 3.05) is 0 Å². The van der Waals surface area contributed by atoms with Crippen LogP contribution in [0.5, 0.6) is 0 Å². The van der Waals surface area contributed by atoms with Crippen LogP contribution in [0.3, 0.4) is 0 Å². The molecule has 0 bridgehead atoms. The van der Waals surface area contributed by atoms with Gasteiger partial charge in [-0.2, -0.15) is 5.10 Å². The molecule has 78 valence electrons. The molecule has 16 heavy (non-hydrogen) atoms. The van der Waals surface area contributed by atoms with Crippen LogP contribution in [0.25, 0.3) is 16.6 Å². The standard InChI is InChI=1S/C14H12N2/c1-11-7-8-16-14(9-11)13(10-15-16)12-5-3-2-4-6-12/h2-10H,1H3. The van der Waals surface area contributed by atoms with Gasteiger partial charge in [0.2, 0.25) is 0 Å². The molecule has 2 aromatic heterocycles. The number of hydrogen-bond donors (Lipinski definition) is 0. The second-order valence-electron chi connectivity index (χ2n) is 3.96. The molecule has 0 N–H and O–H groups in total. The smallest absolute Gasteiger partial charge is 0.0742 e. The number of nitrogens with zero attached hydrogens (tertiary/aromatic N) is 2. The molecule has 3 aromatic rings. The zero-order valence-corrected chi connectivity index (χ0v) is 9.09. The van der Waals surface area contributed by atoms with Crippen molar-refractivity contribution in [3.63, 3.8) is 0 Å². The summed E-state index contributed by atoms with van der Waals surface area (Å²) in [5.74, 6) is 0. The second kappa shape index (κ2) is 3.49. The number of pyridine rings is 1. The van der Waals surface area contributed by atoms with E-state index >= 15 is 0 Å². The zero-order valence-electron chi connectivity index (χ0n) is 9.09. The number of rotatable bonds is 1. The predicted molar refractivity (Wildman–Crippen MR) is 65.4 cm³/mol. The Balaban J connectivity index is 2.29. The van der Waals surface area contributed by atoms with Crippen LogP contribution in [0.1, 0.15) is 5.56 Å². The first-order valence-corrected chi connectivity index (χ1v) is 5.34. The van der Waals surface area contributed by atoms with E-state index in [4.69, 9.17) is 0 Å². The van der Waals surface area contributed by atoms with Crippen molar-refractivity contribution in [2.24, 2.45) is 0 Å². The Labute approximate surface area is 94.2 Å². The molecule has 2 heteroatoms. The average Bonchev–Trinajstić information content (AvgIpc) is 2.73. The number of hydrogen-bond acceptors (Lipinski definition) is 1. The number of aromatic nitrogens is 2. The number of aryl methyl sites for hydroxylation is 1. The van der Waals surface area contributed by atoms with Crippen LogP contribution in [0, 0.1) is 6.92 Å². The first kappa shape index (κ1) is 9.16. The molecule has 0 saturated carbocycles. The molecule has 0 spiro atoms. The van der Waals surface area contributed by atoms with Gasteiger partial charge >= 0.3 is 0 Å². The summed E-state index contributed by atoms with van der Waals surface area (Å²) in [6.45, 7) is 2.10. The van der Waals surface area contributed by atoms with Gasteiger partial charge in [0.05, 0.1) is 11.7 Å². The van der Waals surface area contributed by atoms with Gasteiger partial charge < -0.3 is 0 Å². The van der Waals surface area contributed by atoms with Crippen LogP contribution in [0.2, 0.25) is 0 Å². The molecule has 0 radical (unpaired) electrons. The topological polar surface area (TPSA) is 17.3 Å². The Morgan fingerprint density at radius 3 is 2.69 bits per heavy atom. The van der Waals surface area contributed by atoms with Crippen molar-refractivity contribution < 1.29 is 0 Å². The summed E-state index contributed by atoms with van der Waals surface area (Å²) in [4.78, 5) is 0. The predicted octanol–water partition coefficient (Wildman–Crippen LogP) is 3.31. The molecular weight excluding hydrogens is 196 g/mol. The largest absolute Gasteiger partial charge is 0.240 e. The van der Waals surface area contributed by atoms with E-state index < -0.39 is 0 Å². The highest BCUT2D eigenvalue weighted by Gasteiger charge is 2.05. The Morgan fingerprint density at radius 1 is 1.06 bits per heavy atom. The zero-order chi connectivity index (χ0) is 11.0. The van der Waals surface area contributed by atoms with Gasteiger partial charge in [0, 0.05) is 11.8 Å². The summed E-state index contributed by atoms with van der Waals surface area (Å²) < 4.78 is 1.91. The lowest BCUT2D eigenvalue weighted by atomic mass is 10.1. The first-order valence-electron chi connectivity index (χ1n) is 5.34. The van der Waals surface area contributed by atoms with E-state index in [1.165, 1.54) is 16.7 Å². The van der Waals surface area contributed by atoms with E-state index in [0.29, 0.717) is 0 Å².